The summed E-state index contributed by atoms with van der Waals surface area (Å²) in [6, 6.07) is 2.90. The minimum absolute atomic E-state index is 0.349. The van der Waals surface area contributed by atoms with Gasteiger partial charge in [0, 0.05) is 18.3 Å². The van der Waals surface area contributed by atoms with Gasteiger partial charge in [-0.05, 0) is 25.8 Å². The highest BCUT2D eigenvalue weighted by Crippen LogP contribution is 2.13. The lowest BCUT2D eigenvalue weighted by Gasteiger charge is -2.23. The van der Waals surface area contributed by atoms with Crippen LogP contribution in [0.5, 0.6) is 0 Å². The molecule has 1 heterocycles. The van der Waals surface area contributed by atoms with Crippen molar-refractivity contribution in [1.29, 1.82) is 0 Å². The highest BCUT2D eigenvalue weighted by Gasteiger charge is 2.14. The van der Waals surface area contributed by atoms with Gasteiger partial charge in [-0.1, -0.05) is 20.3 Å². The van der Waals surface area contributed by atoms with Crippen LogP contribution < -0.4 is 5.32 Å². The van der Waals surface area contributed by atoms with Crippen molar-refractivity contribution in [3.8, 4) is 0 Å². The predicted molar refractivity (Wildman–Crippen MR) is 59.1 cm³/mol. The van der Waals surface area contributed by atoms with Gasteiger partial charge in [0.25, 0.3) is 0 Å². The Morgan fingerprint density at radius 2 is 2.14 bits per heavy atom. The second-order valence-electron chi connectivity index (χ2n) is 4.07. The molecule has 0 bridgehead atoms. The molecule has 3 atom stereocenters. The second kappa shape index (κ2) is 5.15. The number of aromatic nitrogens is 2. The Bertz CT molecular complexity index is 243. The zero-order chi connectivity index (χ0) is 10.6. The van der Waals surface area contributed by atoms with Gasteiger partial charge in [0.1, 0.15) is 0 Å². The smallest absolute Gasteiger partial charge is 0.0518 e. The third kappa shape index (κ3) is 2.84. The topological polar surface area (TPSA) is 40.7 Å². The summed E-state index contributed by atoms with van der Waals surface area (Å²) in [7, 11) is 0. The first-order valence-corrected chi connectivity index (χ1v) is 5.40. The molecule has 0 radical (unpaired) electrons. The Balaban J connectivity index is 2.44. The lowest BCUT2D eigenvalue weighted by atomic mass is 10.00. The van der Waals surface area contributed by atoms with Crippen molar-refractivity contribution in [3.05, 3.63) is 18.0 Å². The molecule has 1 rings (SSSR count). The molecule has 3 heteroatoms. The molecule has 14 heavy (non-hydrogen) atoms. The molecule has 1 aromatic rings. The van der Waals surface area contributed by atoms with Crippen LogP contribution in [0.4, 0.5) is 0 Å². The molecule has 0 aliphatic carbocycles. The molecule has 1 aromatic heterocycles. The van der Waals surface area contributed by atoms with E-state index in [2.05, 4.69) is 43.2 Å². The van der Waals surface area contributed by atoms with Gasteiger partial charge in [-0.3, -0.25) is 5.10 Å². The summed E-state index contributed by atoms with van der Waals surface area (Å²) in [4.78, 5) is 0. The van der Waals surface area contributed by atoms with Crippen molar-refractivity contribution in [1.82, 2.24) is 15.5 Å². The van der Waals surface area contributed by atoms with Crippen molar-refractivity contribution < 1.29 is 0 Å². The molecular weight excluding hydrogens is 174 g/mol. The molecule has 0 aromatic carbocycles. The number of hydrogen-bond acceptors (Lipinski definition) is 2. The van der Waals surface area contributed by atoms with E-state index in [1.54, 1.807) is 6.20 Å². The normalized spacial score (nSPS) is 17.7. The summed E-state index contributed by atoms with van der Waals surface area (Å²) in [5, 5.41) is 10.5. The Kier molecular flexibility index (Phi) is 4.14. The van der Waals surface area contributed by atoms with E-state index in [1.807, 2.05) is 6.07 Å². The van der Waals surface area contributed by atoms with Gasteiger partial charge in [0.05, 0.1) is 5.69 Å². The highest BCUT2D eigenvalue weighted by atomic mass is 15.1. The number of nitrogens with zero attached hydrogens (tertiary/aromatic N) is 1. The lowest BCUT2D eigenvalue weighted by Crippen LogP contribution is -2.34. The summed E-state index contributed by atoms with van der Waals surface area (Å²) in [6.07, 6.45) is 3.01. The van der Waals surface area contributed by atoms with Gasteiger partial charge < -0.3 is 5.32 Å². The quantitative estimate of drug-likeness (QED) is 0.758. The first-order valence-electron chi connectivity index (χ1n) is 5.40. The number of H-pyrrole nitrogens is 1. The fourth-order valence-electron chi connectivity index (χ4n) is 1.51. The average Bonchev–Trinajstić information content (AvgIpc) is 2.69. The summed E-state index contributed by atoms with van der Waals surface area (Å²) in [6.45, 7) is 8.90. The zero-order valence-electron chi connectivity index (χ0n) is 9.54. The van der Waals surface area contributed by atoms with Crippen LogP contribution in [0.1, 0.15) is 45.9 Å². The first-order chi connectivity index (χ1) is 6.65. The Labute approximate surface area is 86.3 Å². The monoisotopic (exact) mass is 195 g/mol. The standard InChI is InChI=1S/C11H21N3/c1-5-8(2)9(3)13-10(4)11-6-7-12-14-11/h6-10,13H,5H2,1-4H3,(H,12,14). The highest BCUT2D eigenvalue weighted by molar-refractivity contribution is 5.03. The van der Waals surface area contributed by atoms with Crippen molar-refractivity contribution in [2.75, 3.05) is 0 Å². The molecular formula is C11H21N3. The van der Waals surface area contributed by atoms with E-state index in [0.29, 0.717) is 18.0 Å². The van der Waals surface area contributed by atoms with Crippen LogP contribution in [-0.2, 0) is 0 Å². The summed E-state index contributed by atoms with van der Waals surface area (Å²) in [5.41, 5.74) is 1.15. The first kappa shape index (κ1) is 11.2. The van der Waals surface area contributed by atoms with Gasteiger partial charge in [0.2, 0.25) is 0 Å². The van der Waals surface area contributed by atoms with Crippen molar-refractivity contribution >= 4 is 0 Å². The van der Waals surface area contributed by atoms with E-state index >= 15 is 0 Å². The third-order valence-electron chi connectivity index (χ3n) is 3.00. The number of aromatic amines is 1. The SMILES string of the molecule is CCC(C)C(C)NC(C)c1ccn[nH]1. The maximum atomic E-state index is 3.95. The maximum absolute atomic E-state index is 3.95. The second-order valence-corrected chi connectivity index (χ2v) is 4.07. The number of hydrogen-bond donors (Lipinski definition) is 2. The van der Waals surface area contributed by atoms with Crippen molar-refractivity contribution in [3.63, 3.8) is 0 Å². The van der Waals surface area contributed by atoms with E-state index < -0.39 is 0 Å². The van der Waals surface area contributed by atoms with Gasteiger partial charge in [0.15, 0.2) is 0 Å². The summed E-state index contributed by atoms with van der Waals surface area (Å²) >= 11 is 0. The van der Waals surface area contributed by atoms with Crippen LogP contribution in [0.25, 0.3) is 0 Å². The van der Waals surface area contributed by atoms with Gasteiger partial charge in [-0.2, -0.15) is 5.10 Å². The molecule has 0 fully saturated rings. The largest absolute Gasteiger partial charge is 0.306 e. The fourth-order valence-corrected chi connectivity index (χ4v) is 1.51. The Morgan fingerprint density at radius 3 is 2.64 bits per heavy atom. The maximum Gasteiger partial charge on any atom is 0.0518 e. The van der Waals surface area contributed by atoms with Crippen molar-refractivity contribution in [2.45, 2.75) is 46.2 Å². The molecule has 3 unspecified atom stereocenters. The fraction of sp³-hybridized carbons (Fsp3) is 0.727. The third-order valence-corrected chi connectivity index (χ3v) is 3.00. The molecule has 2 N–H and O–H groups in total. The van der Waals surface area contributed by atoms with Crippen LogP contribution in [0.15, 0.2) is 12.3 Å². The van der Waals surface area contributed by atoms with Crippen LogP contribution in [-0.4, -0.2) is 16.2 Å². The molecule has 0 aliphatic heterocycles. The number of nitrogens with one attached hydrogen (secondary N) is 2. The van der Waals surface area contributed by atoms with E-state index in [4.69, 9.17) is 0 Å². The van der Waals surface area contributed by atoms with Crippen LogP contribution >= 0.6 is 0 Å². The molecule has 0 saturated carbocycles. The summed E-state index contributed by atoms with van der Waals surface area (Å²) < 4.78 is 0. The zero-order valence-corrected chi connectivity index (χ0v) is 9.54. The lowest BCUT2D eigenvalue weighted by molar-refractivity contribution is 0.357. The summed E-state index contributed by atoms with van der Waals surface area (Å²) in [5.74, 6) is 0.709. The van der Waals surface area contributed by atoms with Crippen LogP contribution in [0.2, 0.25) is 0 Å². The molecule has 0 saturated heterocycles. The average molecular weight is 195 g/mol. The van der Waals surface area contributed by atoms with E-state index in [1.165, 1.54) is 6.42 Å². The van der Waals surface area contributed by atoms with Crippen molar-refractivity contribution in [2.24, 2.45) is 5.92 Å². The van der Waals surface area contributed by atoms with Gasteiger partial charge in [-0.15, -0.1) is 0 Å². The molecule has 0 amide bonds. The number of rotatable bonds is 5. The predicted octanol–water partition coefficient (Wildman–Crippen LogP) is 2.49. The minimum Gasteiger partial charge on any atom is -0.306 e. The van der Waals surface area contributed by atoms with E-state index in [-0.39, 0.29) is 0 Å². The van der Waals surface area contributed by atoms with Gasteiger partial charge in [-0.25, -0.2) is 0 Å². The molecule has 80 valence electrons. The van der Waals surface area contributed by atoms with Crippen LogP contribution in [0.3, 0.4) is 0 Å². The molecule has 0 aliphatic rings. The van der Waals surface area contributed by atoms with E-state index in [0.717, 1.165) is 5.69 Å². The Morgan fingerprint density at radius 1 is 1.43 bits per heavy atom. The molecule has 0 spiro atoms. The molecule has 3 nitrogen and oxygen atoms in total. The van der Waals surface area contributed by atoms with Crippen LogP contribution in [0, 0.1) is 5.92 Å². The minimum atomic E-state index is 0.349. The van der Waals surface area contributed by atoms with Gasteiger partial charge >= 0.3 is 0 Å². The van der Waals surface area contributed by atoms with E-state index in [9.17, 15) is 0 Å². The Hall–Kier alpha value is -0.830.